The molecule has 0 amide bonds. The van der Waals surface area contributed by atoms with Gasteiger partial charge in [0.2, 0.25) is 11.6 Å². The van der Waals surface area contributed by atoms with Crippen LogP contribution in [0, 0.1) is 5.92 Å². The van der Waals surface area contributed by atoms with E-state index in [2.05, 4.69) is 20.8 Å². The van der Waals surface area contributed by atoms with Gasteiger partial charge in [0.25, 0.3) is 0 Å². The lowest BCUT2D eigenvalue weighted by molar-refractivity contribution is -0.226. The Morgan fingerprint density at radius 1 is 1.09 bits per heavy atom. The minimum atomic E-state index is -0.961. The zero-order valence-electron chi connectivity index (χ0n) is 20.7. The van der Waals surface area contributed by atoms with E-state index in [-0.39, 0.29) is 5.56 Å². The van der Waals surface area contributed by atoms with E-state index >= 15 is 0 Å². The van der Waals surface area contributed by atoms with Crippen LogP contribution in [0.25, 0.3) is 11.1 Å². The average molecular weight is 466 g/mol. The number of hydrogen-bond acceptors (Lipinski definition) is 5. The highest BCUT2D eigenvalue weighted by molar-refractivity contribution is 5.95. The molecule has 182 valence electrons. The summed E-state index contributed by atoms with van der Waals surface area (Å²) in [6.07, 6.45) is 3.42. The van der Waals surface area contributed by atoms with Gasteiger partial charge in [-0.2, -0.15) is 0 Å². The molecule has 0 atom stereocenters. The number of hydrogen-bond donors (Lipinski definition) is 1. The monoisotopic (exact) mass is 465 g/mol. The summed E-state index contributed by atoms with van der Waals surface area (Å²) in [5, 5.41) is 14.3. The van der Waals surface area contributed by atoms with Gasteiger partial charge in [-0.05, 0) is 35.1 Å². The molecule has 1 aromatic heterocycles. The van der Waals surface area contributed by atoms with Crippen LogP contribution < -0.4 is 0 Å². The second-order valence-electron chi connectivity index (χ2n) is 8.92. The molecule has 0 spiro atoms. The number of ether oxygens (including phenoxy) is 2. The normalized spacial score (nSPS) is 11.8. The van der Waals surface area contributed by atoms with Crippen LogP contribution in [0.15, 0.2) is 48.5 Å². The Morgan fingerprint density at radius 2 is 1.76 bits per heavy atom. The van der Waals surface area contributed by atoms with Crippen LogP contribution >= 0.6 is 0 Å². The number of carboxylic acids is 1. The number of benzene rings is 2. The molecule has 0 unspecified atom stereocenters. The van der Waals surface area contributed by atoms with E-state index in [1.54, 1.807) is 26.4 Å². The fraction of sp³-hybridized carbons (Fsp3) is 0.444. The topological polar surface area (TPSA) is 86.5 Å². The van der Waals surface area contributed by atoms with E-state index in [0.29, 0.717) is 30.3 Å². The second kappa shape index (κ2) is 11.4. The molecule has 7 nitrogen and oxygen atoms in total. The third-order valence-electron chi connectivity index (χ3n) is 5.95. The maximum atomic E-state index is 11.6. The zero-order chi connectivity index (χ0) is 24.7. The van der Waals surface area contributed by atoms with E-state index < -0.39 is 11.8 Å². The van der Waals surface area contributed by atoms with Gasteiger partial charge in [-0.3, -0.25) is 0 Å². The summed E-state index contributed by atoms with van der Waals surface area (Å²) in [4.78, 5) is 16.4. The Hall–Kier alpha value is -3.03. The largest absolute Gasteiger partial charge is 0.478 e. The van der Waals surface area contributed by atoms with E-state index in [4.69, 9.17) is 19.6 Å². The van der Waals surface area contributed by atoms with Gasteiger partial charge in [0, 0.05) is 27.1 Å². The molecule has 0 fully saturated rings. The van der Waals surface area contributed by atoms with Gasteiger partial charge < -0.3 is 14.6 Å². The molecule has 0 aliphatic carbocycles. The molecule has 0 saturated carbocycles. The molecule has 1 heterocycles. The lowest BCUT2D eigenvalue weighted by atomic mass is 9.99. The minimum absolute atomic E-state index is 0.290. The van der Waals surface area contributed by atoms with Gasteiger partial charge in [-0.25, -0.2) is 14.5 Å². The molecule has 3 rings (SSSR count). The highest BCUT2D eigenvalue weighted by atomic mass is 16.7. The van der Waals surface area contributed by atoms with Crippen molar-refractivity contribution in [3.8, 4) is 11.1 Å². The van der Waals surface area contributed by atoms with Crippen LogP contribution in [-0.4, -0.2) is 40.1 Å². The van der Waals surface area contributed by atoms with E-state index in [0.717, 1.165) is 36.2 Å². The van der Waals surface area contributed by atoms with Crippen LogP contribution in [0.1, 0.15) is 67.6 Å². The van der Waals surface area contributed by atoms with Crippen molar-refractivity contribution in [3.05, 3.63) is 71.3 Å². The molecule has 0 saturated heterocycles. The van der Waals surface area contributed by atoms with Crippen molar-refractivity contribution in [1.29, 1.82) is 0 Å². The van der Waals surface area contributed by atoms with Gasteiger partial charge in [0.05, 0.1) is 12.1 Å². The summed E-state index contributed by atoms with van der Waals surface area (Å²) in [5.41, 5.74) is 2.90. The maximum Gasteiger partial charge on any atom is 0.336 e. The summed E-state index contributed by atoms with van der Waals surface area (Å²) in [5.74, 6) is -0.0390. The van der Waals surface area contributed by atoms with Crippen LogP contribution in [-0.2, 0) is 28.2 Å². The molecule has 7 heteroatoms. The van der Waals surface area contributed by atoms with E-state index in [9.17, 15) is 9.90 Å². The predicted molar refractivity (Wildman–Crippen MR) is 132 cm³/mol. The first-order valence-corrected chi connectivity index (χ1v) is 11.8. The lowest BCUT2D eigenvalue weighted by Gasteiger charge is -2.27. The summed E-state index contributed by atoms with van der Waals surface area (Å²) in [6, 6.07) is 14.9. The first-order chi connectivity index (χ1) is 16.3. The molecule has 0 bridgehead atoms. The number of aromatic carboxylic acids is 1. The number of rotatable bonds is 12. The molecular formula is C27H35N3O4. The number of methoxy groups -OCH3 is 2. The third kappa shape index (κ3) is 5.72. The summed E-state index contributed by atoms with van der Waals surface area (Å²) >= 11 is 0. The van der Waals surface area contributed by atoms with E-state index in [1.807, 2.05) is 41.1 Å². The van der Waals surface area contributed by atoms with Crippen LogP contribution in [0.2, 0.25) is 0 Å². The van der Waals surface area contributed by atoms with Gasteiger partial charge in [0.15, 0.2) is 0 Å². The van der Waals surface area contributed by atoms with E-state index in [1.165, 1.54) is 0 Å². The zero-order valence-corrected chi connectivity index (χ0v) is 20.7. The van der Waals surface area contributed by atoms with Crippen LogP contribution in [0.3, 0.4) is 0 Å². The number of nitrogens with zero attached hydrogens (tertiary/aromatic N) is 3. The Morgan fingerprint density at radius 3 is 2.35 bits per heavy atom. The van der Waals surface area contributed by atoms with Crippen molar-refractivity contribution in [1.82, 2.24) is 14.8 Å². The lowest BCUT2D eigenvalue weighted by Crippen LogP contribution is -2.32. The fourth-order valence-corrected chi connectivity index (χ4v) is 4.05. The number of carboxylic acid groups (broad SMARTS) is 1. The average Bonchev–Trinajstić information content (AvgIpc) is 3.22. The second-order valence-corrected chi connectivity index (χ2v) is 8.92. The maximum absolute atomic E-state index is 11.6. The molecule has 3 aromatic rings. The fourth-order valence-electron chi connectivity index (χ4n) is 4.05. The molecule has 0 aliphatic rings. The first-order valence-electron chi connectivity index (χ1n) is 11.8. The SMILES string of the molecule is CCCCC(OC)(OC)c1nc(CC(C)C)n(Cc2ccc(-c3ccccc3C(=O)O)cc2)n1. The van der Waals surface area contributed by atoms with Crippen molar-refractivity contribution >= 4 is 5.97 Å². The van der Waals surface area contributed by atoms with Gasteiger partial charge in [-0.15, -0.1) is 5.10 Å². The Balaban J connectivity index is 1.92. The number of unbranched alkanes of at least 4 members (excludes halogenated alkanes) is 1. The molecular weight excluding hydrogens is 430 g/mol. The third-order valence-corrected chi connectivity index (χ3v) is 5.95. The molecule has 0 radical (unpaired) electrons. The quantitative estimate of drug-likeness (QED) is 0.354. The number of aromatic nitrogens is 3. The molecule has 0 aliphatic heterocycles. The Bertz CT molecular complexity index is 1090. The van der Waals surface area contributed by atoms with Crippen molar-refractivity contribution < 1.29 is 19.4 Å². The number of carbonyl (C=O) groups is 1. The highest BCUT2D eigenvalue weighted by Crippen LogP contribution is 2.30. The first kappa shape index (κ1) is 25.6. The summed E-state index contributed by atoms with van der Waals surface area (Å²) in [7, 11) is 3.27. The predicted octanol–water partition coefficient (Wildman–Crippen LogP) is 5.53. The van der Waals surface area contributed by atoms with Crippen LogP contribution in [0.5, 0.6) is 0 Å². The smallest absolute Gasteiger partial charge is 0.336 e. The summed E-state index contributed by atoms with van der Waals surface area (Å²) in [6.45, 7) is 6.99. The van der Waals surface area contributed by atoms with Gasteiger partial charge in [-0.1, -0.05) is 69.7 Å². The molecule has 34 heavy (non-hydrogen) atoms. The van der Waals surface area contributed by atoms with Crippen LogP contribution in [0.4, 0.5) is 0 Å². The van der Waals surface area contributed by atoms with Gasteiger partial charge in [0.1, 0.15) is 5.82 Å². The summed E-state index contributed by atoms with van der Waals surface area (Å²) < 4.78 is 13.5. The van der Waals surface area contributed by atoms with Crippen molar-refractivity contribution in [2.45, 2.75) is 58.8 Å². The van der Waals surface area contributed by atoms with Crippen molar-refractivity contribution in [2.75, 3.05) is 14.2 Å². The van der Waals surface area contributed by atoms with Gasteiger partial charge >= 0.3 is 5.97 Å². The van der Waals surface area contributed by atoms with Crippen molar-refractivity contribution in [3.63, 3.8) is 0 Å². The Labute approximate surface area is 201 Å². The molecule has 1 N–H and O–H groups in total. The Kier molecular flexibility index (Phi) is 8.58. The van der Waals surface area contributed by atoms with Crippen molar-refractivity contribution in [2.24, 2.45) is 5.92 Å². The molecule has 2 aromatic carbocycles. The standard InChI is InChI=1S/C27H35N3O4/c1-6-7-16-27(33-4,34-5)26-28-24(17-19(2)3)30(29-26)18-20-12-14-21(15-13-20)22-10-8-9-11-23(22)25(31)32/h8-15,19H,6-7,16-18H2,1-5H3,(H,31,32). The minimum Gasteiger partial charge on any atom is -0.478 e. The highest BCUT2D eigenvalue weighted by Gasteiger charge is 2.37.